The Kier molecular flexibility index (Phi) is 5.10. The van der Waals surface area contributed by atoms with Crippen LogP contribution in [0.15, 0.2) is 22.9 Å². The molecule has 0 saturated heterocycles. The molecule has 0 aliphatic heterocycles. The minimum Gasteiger partial charge on any atom is -0.372 e. The average Bonchev–Trinajstić information content (AvgIpc) is 3.17. The van der Waals surface area contributed by atoms with Gasteiger partial charge >= 0.3 is 12.1 Å². The van der Waals surface area contributed by atoms with Crippen molar-refractivity contribution >= 4 is 6.41 Å². The summed E-state index contributed by atoms with van der Waals surface area (Å²) in [5, 5.41) is 11.2. The molecule has 132 valence electrons. The molecule has 9 nitrogen and oxygen atoms in total. The fourth-order valence-corrected chi connectivity index (χ4v) is 1.78. The van der Waals surface area contributed by atoms with E-state index in [0.29, 0.717) is 22.9 Å². The summed E-state index contributed by atoms with van der Waals surface area (Å²) >= 11 is 0. The Morgan fingerprint density at radius 2 is 2.00 bits per heavy atom. The van der Waals surface area contributed by atoms with E-state index < -0.39 is 12.1 Å². The van der Waals surface area contributed by atoms with Crippen LogP contribution in [-0.2, 0) is 18.0 Å². The van der Waals surface area contributed by atoms with Gasteiger partial charge in [-0.05, 0) is 19.1 Å². The summed E-state index contributed by atoms with van der Waals surface area (Å²) in [7, 11) is 1.76. The van der Waals surface area contributed by atoms with Gasteiger partial charge in [-0.25, -0.2) is 0 Å². The molecule has 0 spiro atoms. The summed E-state index contributed by atoms with van der Waals surface area (Å²) in [5.74, 6) is -0.398. The molecule has 12 heteroatoms. The van der Waals surface area contributed by atoms with Gasteiger partial charge in [0, 0.05) is 18.8 Å². The van der Waals surface area contributed by atoms with Crippen molar-refractivity contribution in [2.75, 3.05) is 0 Å². The number of carbonyl (C=O) groups excluding carboxylic acids is 1. The van der Waals surface area contributed by atoms with Crippen LogP contribution in [0.2, 0.25) is 0 Å². The number of aromatic nitrogens is 6. The van der Waals surface area contributed by atoms with Crippen molar-refractivity contribution in [3.8, 4) is 22.9 Å². The van der Waals surface area contributed by atoms with Gasteiger partial charge in [0.25, 0.3) is 0 Å². The predicted molar refractivity (Wildman–Crippen MR) is 77.5 cm³/mol. The first-order valence-electron chi connectivity index (χ1n) is 6.67. The molecule has 2 N–H and O–H groups in total. The van der Waals surface area contributed by atoms with Crippen LogP contribution < -0.4 is 5.73 Å². The minimum atomic E-state index is -4.68. The van der Waals surface area contributed by atoms with Crippen LogP contribution in [-0.4, -0.2) is 36.3 Å². The second-order valence-electron chi connectivity index (χ2n) is 4.62. The number of amides is 1. The largest absolute Gasteiger partial charge is 0.471 e. The van der Waals surface area contributed by atoms with E-state index in [4.69, 9.17) is 4.79 Å². The lowest BCUT2D eigenvalue weighted by atomic mass is 10.2. The molecule has 0 bridgehead atoms. The maximum Gasteiger partial charge on any atom is 0.471 e. The van der Waals surface area contributed by atoms with Crippen LogP contribution in [0, 0.1) is 6.92 Å². The van der Waals surface area contributed by atoms with Crippen LogP contribution in [0.4, 0.5) is 13.2 Å². The van der Waals surface area contributed by atoms with Crippen LogP contribution in [0.3, 0.4) is 0 Å². The number of aryl methyl sites for hydroxylation is 1. The van der Waals surface area contributed by atoms with Crippen LogP contribution in [0.5, 0.6) is 0 Å². The van der Waals surface area contributed by atoms with Crippen LogP contribution in [0.1, 0.15) is 11.7 Å². The van der Waals surface area contributed by atoms with Crippen molar-refractivity contribution in [1.29, 1.82) is 0 Å². The molecular formula is C13H12F3N7O2. The van der Waals surface area contributed by atoms with Crippen molar-refractivity contribution < 1.29 is 22.5 Å². The zero-order valence-corrected chi connectivity index (χ0v) is 13.0. The van der Waals surface area contributed by atoms with Crippen LogP contribution in [0.25, 0.3) is 22.9 Å². The van der Waals surface area contributed by atoms with Gasteiger partial charge in [-0.1, -0.05) is 5.16 Å². The van der Waals surface area contributed by atoms with Crippen molar-refractivity contribution in [3.63, 3.8) is 0 Å². The molecule has 25 heavy (non-hydrogen) atoms. The van der Waals surface area contributed by atoms with Crippen molar-refractivity contribution in [2.24, 2.45) is 12.8 Å². The summed E-state index contributed by atoms with van der Waals surface area (Å²) in [4.78, 5) is 16.1. The zero-order chi connectivity index (χ0) is 18.6. The molecule has 0 radical (unpaired) electrons. The summed E-state index contributed by atoms with van der Waals surface area (Å²) in [6, 6.07) is 3.01. The number of nitrogens with two attached hydrogens (primary N) is 1. The van der Waals surface area contributed by atoms with E-state index in [9.17, 15) is 13.2 Å². The van der Waals surface area contributed by atoms with E-state index >= 15 is 0 Å². The van der Waals surface area contributed by atoms with Gasteiger partial charge in [-0.15, -0.1) is 10.2 Å². The molecule has 0 saturated carbocycles. The lowest BCUT2D eigenvalue weighted by molar-refractivity contribution is -0.159. The lowest BCUT2D eigenvalue weighted by Gasteiger charge is -2.02. The molecule has 0 aliphatic rings. The van der Waals surface area contributed by atoms with Gasteiger partial charge in [0.2, 0.25) is 12.2 Å². The molecule has 0 fully saturated rings. The van der Waals surface area contributed by atoms with Gasteiger partial charge in [-0.3, -0.25) is 9.78 Å². The molecule has 3 aromatic rings. The summed E-state index contributed by atoms with van der Waals surface area (Å²) in [6.07, 6.45) is -3.00. The summed E-state index contributed by atoms with van der Waals surface area (Å²) in [6.45, 7) is 1.77. The highest BCUT2D eigenvalue weighted by molar-refractivity contribution is 5.62. The van der Waals surface area contributed by atoms with Crippen LogP contribution >= 0.6 is 0 Å². The number of alkyl halides is 3. The number of hydrogen-bond donors (Lipinski definition) is 1. The third-order valence-corrected chi connectivity index (χ3v) is 3.01. The number of nitrogens with zero attached hydrogens (tertiary/aromatic N) is 6. The first kappa shape index (κ1) is 18.0. The fraction of sp³-hybridized carbons (Fsp3) is 0.231. The van der Waals surface area contributed by atoms with E-state index in [0.717, 1.165) is 0 Å². The topological polar surface area (TPSA) is 126 Å². The molecule has 0 atom stereocenters. The summed E-state index contributed by atoms with van der Waals surface area (Å²) in [5.41, 5.74) is 4.95. The third kappa shape index (κ3) is 3.97. The van der Waals surface area contributed by atoms with Crippen molar-refractivity contribution in [2.45, 2.75) is 13.1 Å². The lowest BCUT2D eigenvalue weighted by Crippen LogP contribution is -2.04. The van der Waals surface area contributed by atoms with E-state index in [2.05, 4.69) is 35.6 Å². The SMILES string of the molecule is Cc1nnc(-c2cc(-c3noc(C(F)(F)F)n3)ccn2)n1C.NC=O. The Labute approximate surface area is 138 Å². The highest BCUT2D eigenvalue weighted by atomic mass is 19.4. The maximum absolute atomic E-state index is 12.5. The highest BCUT2D eigenvalue weighted by Gasteiger charge is 2.38. The summed E-state index contributed by atoms with van der Waals surface area (Å²) < 4.78 is 43.4. The molecule has 3 rings (SSSR count). The molecule has 0 aromatic carbocycles. The Hall–Kier alpha value is -3.31. The highest BCUT2D eigenvalue weighted by Crippen LogP contribution is 2.29. The maximum atomic E-state index is 12.5. The predicted octanol–water partition coefficient (Wildman–Crippen LogP) is 1.36. The number of rotatable bonds is 2. The Bertz CT molecular complexity index is 873. The average molecular weight is 355 g/mol. The third-order valence-electron chi connectivity index (χ3n) is 3.01. The standard InChI is InChI=1S/C12H9F3N6O.CH3NO/c1-6-18-19-10(21(6)2)8-5-7(3-4-16-8)9-17-11(22-20-9)12(13,14)15;2-1-3/h3-5H,1-2H3;1H,(H2,2,3). The number of halogens is 3. The van der Waals surface area contributed by atoms with E-state index in [1.165, 1.54) is 18.3 Å². The Morgan fingerprint density at radius 3 is 2.52 bits per heavy atom. The molecule has 0 unspecified atom stereocenters. The van der Waals surface area contributed by atoms with Gasteiger partial charge < -0.3 is 14.8 Å². The monoisotopic (exact) mass is 355 g/mol. The fourth-order valence-electron chi connectivity index (χ4n) is 1.78. The molecule has 3 heterocycles. The first-order valence-corrected chi connectivity index (χ1v) is 6.67. The zero-order valence-electron chi connectivity index (χ0n) is 13.0. The van der Waals surface area contributed by atoms with E-state index in [-0.39, 0.29) is 12.2 Å². The van der Waals surface area contributed by atoms with Gasteiger partial charge in [0.05, 0.1) is 0 Å². The number of carbonyl (C=O) groups is 1. The number of pyridine rings is 1. The minimum absolute atomic E-state index is 0.171. The van der Waals surface area contributed by atoms with Crippen molar-refractivity contribution in [1.82, 2.24) is 29.9 Å². The van der Waals surface area contributed by atoms with E-state index in [1.807, 2.05) is 0 Å². The molecule has 3 aromatic heterocycles. The molecular weight excluding hydrogens is 343 g/mol. The van der Waals surface area contributed by atoms with Crippen molar-refractivity contribution in [3.05, 3.63) is 30.0 Å². The van der Waals surface area contributed by atoms with Gasteiger partial charge in [0.15, 0.2) is 5.82 Å². The normalized spacial score (nSPS) is 10.9. The van der Waals surface area contributed by atoms with Gasteiger partial charge in [-0.2, -0.15) is 18.2 Å². The number of primary amides is 1. The smallest absolute Gasteiger partial charge is 0.372 e. The first-order chi connectivity index (χ1) is 11.8. The Morgan fingerprint density at radius 1 is 1.32 bits per heavy atom. The second kappa shape index (κ2) is 7.07. The molecule has 0 aliphatic carbocycles. The Balaban J connectivity index is 0.000000701. The number of hydrogen-bond acceptors (Lipinski definition) is 7. The van der Waals surface area contributed by atoms with E-state index in [1.54, 1.807) is 18.5 Å². The van der Waals surface area contributed by atoms with Gasteiger partial charge in [0.1, 0.15) is 11.5 Å². The second-order valence-corrected chi connectivity index (χ2v) is 4.62. The molecule has 1 amide bonds. The quantitative estimate of drug-likeness (QED) is 0.688.